The van der Waals surface area contributed by atoms with Crippen molar-refractivity contribution in [2.45, 2.75) is 63.1 Å². The first-order valence-corrected chi connectivity index (χ1v) is 12.9. The number of amides is 2. The summed E-state index contributed by atoms with van der Waals surface area (Å²) >= 11 is 12.4. The molecular weight excluding hydrogens is 520 g/mol. The number of fused-ring (bicyclic) bond motifs is 2. The molecule has 0 aromatic heterocycles. The fourth-order valence-electron chi connectivity index (χ4n) is 5.66. The standard InChI is InChI=1S/C27H30Cl2FN3O4/c1-26(2,3)12-21-27(17-10-19(30)18(29)11-20(17)32-25(27)37)22(14-5-4-6-15(28)9-14)23(33-21)24(36)31-8-7-16(35)13-34/h4-6,9-11,13,16,21-23,33,35H,7-8,12H2,1-3H3,(H,31,36)(H,32,37). The number of carbonyl (C=O) groups excluding carboxylic acids is 3. The van der Waals surface area contributed by atoms with E-state index in [-0.39, 0.29) is 29.3 Å². The van der Waals surface area contributed by atoms with E-state index in [1.54, 1.807) is 24.3 Å². The Labute approximate surface area is 225 Å². The number of hydrogen-bond donors (Lipinski definition) is 4. The van der Waals surface area contributed by atoms with Gasteiger partial charge in [-0.25, -0.2) is 4.39 Å². The van der Waals surface area contributed by atoms with Crippen molar-refractivity contribution in [3.63, 3.8) is 0 Å². The number of benzene rings is 2. The van der Waals surface area contributed by atoms with Crippen LogP contribution in [0.25, 0.3) is 0 Å². The van der Waals surface area contributed by atoms with Gasteiger partial charge in [-0.05, 0) is 53.6 Å². The minimum atomic E-state index is -1.34. The highest BCUT2D eigenvalue weighted by atomic mass is 35.5. The molecule has 0 aliphatic carbocycles. The van der Waals surface area contributed by atoms with Crippen molar-refractivity contribution in [1.82, 2.24) is 10.6 Å². The molecule has 2 amide bonds. The first-order chi connectivity index (χ1) is 17.4. The molecule has 0 radical (unpaired) electrons. The maximum atomic E-state index is 14.9. The molecule has 2 aromatic rings. The predicted octanol–water partition coefficient (Wildman–Crippen LogP) is 3.95. The molecule has 0 bridgehead atoms. The van der Waals surface area contributed by atoms with E-state index in [4.69, 9.17) is 23.2 Å². The second-order valence-corrected chi connectivity index (χ2v) is 11.8. The normalized spacial score (nSPS) is 25.6. The Morgan fingerprint density at radius 1 is 1.27 bits per heavy atom. The fraction of sp³-hybridized carbons (Fsp3) is 0.444. The molecule has 4 rings (SSSR count). The minimum absolute atomic E-state index is 0.0490. The summed E-state index contributed by atoms with van der Waals surface area (Å²) in [5, 5.41) is 19.0. The Balaban J connectivity index is 1.89. The fourth-order valence-corrected chi connectivity index (χ4v) is 6.02. The number of aldehydes is 1. The van der Waals surface area contributed by atoms with Gasteiger partial charge in [0.05, 0.1) is 11.1 Å². The van der Waals surface area contributed by atoms with Crippen LogP contribution in [0.5, 0.6) is 0 Å². The van der Waals surface area contributed by atoms with Crippen LogP contribution in [0.4, 0.5) is 10.1 Å². The van der Waals surface area contributed by atoms with Gasteiger partial charge in [-0.15, -0.1) is 0 Å². The lowest BCUT2D eigenvalue weighted by atomic mass is 9.62. The maximum Gasteiger partial charge on any atom is 0.237 e. The number of halogens is 3. The number of carbonyl (C=O) groups is 3. The van der Waals surface area contributed by atoms with Crippen LogP contribution < -0.4 is 16.0 Å². The number of aliphatic hydroxyl groups excluding tert-OH is 1. The van der Waals surface area contributed by atoms with Crippen LogP contribution in [-0.4, -0.2) is 47.9 Å². The molecule has 1 fully saturated rings. The Kier molecular flexibility index (Phi) is 7.68. The Morgan fingerprint density at radius 3 is 2.65 bits per heavy atom. The number of rotatable bonds is 7. The Bertz CT molecular complexity index is 1230. The molecule has 2 aromatic carbocycles. The lowest BCUT2D eigenvalue weighted by Gasteiger charge is -2.37. The summed E-state index contributed by atoms with van der Waals surface area (Å²) < 4.78 is 14.9. The lowest BCUT2D eigenvalue weighted by Crippen LogP contribution is -2.49. The van der Waals surface area contributed by atoms with Gasteiger partial charge in [-0.2, -0.15) is 0 Å². The van der Waals surface area contributed by atoms with Crippen molar-refractivity contribution in [3.05, 3.63) is 63.4 Å². The van der Waals surface area contributed by atoms with Crippen LogP contribution in [0.3, 0.4) is 0 Å². The quantitative estimate of drug-likeness (QED) is 0.391. The van der Waals surface area contributed by atoms with E-state index in [0.717, 1.165) is 0 Å². The third-order valence-corrected chi connectivity index (χ3v) is 7.61. The summed E-state index contributed by atoms with van der Waals surface area (Å²) in [6.45, 7) is 6.15. The van der Waals surface area contributed by atoms with Gasteiger partial charge in [0.25, 0.3) is 0 Å². The van der Waals surface area contributed by atoms with Crippen molar-refractivity contribution in [1.29, 1.82) is 0 Å². The molecule has 2 heterocycles. The van der Waals surface area contributed by atoms with Gasteiger partial charge >= 0.3 is 0 Å². The third-order valence-electron chi connectivity index (χ3n) is 7.09. The van der Waals surface area contributed by atoms with Gasteiger partial charge in [0, 0.05) is 29.2 Å². The number of anilines is 1. The first kappa shape index (κ1) is 27.5. The van der Waals surface area contributed by atoms with Gasteiger partial charge < -0.3 is 25.9 Å². The van der Waals surface area contributed by atoms with Gasteiger partial charge in [-0.1, -0.05) is 56.1 Å². The summed E-state index contributed by atoms with van der Waals surface area (Å²) in [6, 6.07) is 8.20. The number of nitrogens with one attached hydrogen (secondary N) is 3. The van der Waals surface area contributed by atoms with E-state index >= 15 is 0 Å². The molecule has 5 unspecified atom stereocenters. The second-order valence-electron chi connectivity index (χ2n) is 10.9. The first-order valence-electron chi connectivity index (χ1n) is 12.1. The summed E-state index contributed by atoms with van der Waals surface area (Å²) in [4.78, 5) is 38.4. The van der Waals surface area contributed by atoms with Crippen LogP contribution in [-0.2, 0) is 19.8 Å². The summed E-state index contributed by atoms with van der Waals surface area (Å²) in [7, 11) is 0. The van der Waals surface area contributed by atoms with Gasteiger partial charge in [0.1, 0.15) is 23.6 Å². The van der Waals surface area contributed by atoms with Crippen LogP contribution in [0.1, 0.15) is 50.7 Å². The highest BCUT2D eigenvalue weighted by Gasteiger charge is 2.65. The molecule has 4 N–H and O–H groups in total. The molecule has 2 aliphatic rings. The zero-order valence-corrected chi connectivity index (χ0v) is 22.3. The topological polar surface area (TPSA) is 108 Å². The Hall–Kier alpha value is -2.52. The van der Waals surface area contributed by atoms with Crippen LogP contribution in [0, 0.1) is 11.2 Å². The van der Waals surface area contributed by atoms with Crippen LogP contribution in [0.2, 0.25) is 10.0 Å². The monoisotopic (exact) mass is 549 g/mol. The molecule has 1 saturated heterocycles. The molecule has 10 heteroatoms. The smallest absolute Gasteiger partial charge is 0.237 e. The number of aliphatic hydroxyl groups is 1. The second kappa shape index (κ2) is 10.3. The molecule has 0 saturated carbocycles. The third kappa shape index (κ3) is 5.12. The predicted molar refractivity (Wildman–Crippen MR) is 140 cm³/mol. The van der Waals surface area contributed by atoms with Crippen molar-refractivity contribution in [3.8, 4) is 0 Å². The molecule has 2 aliphatic heterocycles. The van der Waals surface area contributed by atoms with Crippen LogP contribution >= 0.6 is 23.2 Å². The maximum absolute atomic E-state index is 14.9. The molecule has 198 valence electrons. The van der Waals surface area contributed by atoms with E-state index in [1.807, 2.05) is 20.8 Å². The van der Waals surface area contributed by atoms with E-state index < -0.39 is 41.2 Å². The highest BCUT2D eigenvalue weighted by molar-refractivity contribution is 6.31. The minimum Gasteiger partial charge on any atom is -0.386 e. The summed E-state index contributed by atoms with van der Waals surface area (Å²) in [5.41, 5.74) is -0.125. The van der Waals surface area contributed by atoms with E-state index in [1.165, 1.54) is 12.1 Å². The SMILES string of the molecule is CC(C)(C)CC1NC(C(=O)NCCC(O)C=O)C(c2cccc(Cl)c2)C12C(=O)Nc1cc(Cl)c(F)cc12. The lowest BCUT2D eigenvalue weighted by molar-refractivity contribution is -0.124. The van der Waals surface area contributed by atoms with Crippen molar-refractivity contribution >= 4 is 47.0 Å². The average Bonchev–Trinajstić information content (AvgIpc) is 3.28. The van der Waals surface area contributed by atoms with Crippen molar-refractivity contribution in [2.75, 3.05) is 11.9 Å². The summed E-state index contributed by atoms with van der Waals surface area (Å²) in [6.07, 6.45) is -0.245. The van der Waals surface area contributed by atoms with Gasteiger partial charge in [0.15, 0.2) is 0 Å². The van der Waals surface area contributed by atoms with Crippen LogP contribution in [0.15, 0.2) is 36.4 Å². The van der Waals surface area contributed by atoms with Gasteiger partial charge in [-0.3, -0.25) is 9.59 Å². The molecule has 7 nitrogen and oxygen atoms in total. The van der Waals surface area contributed by atoms with Crippen molar-refractivity contribution in [2.24, 2.45) is 5.41 Å². The van der Waals surface area contributed by atoms with Crippen molar-refractivity contribution < 1.29 is 23.9 Å². The summed E-state index contributed by atoms with van der Waals surface area (Å²) in [5.74, 6) is -2.18. The van der Waals surface area contributed by atoms with E-state index in [2.05, 4.69) is 16.0 Å². The number of hydrogen-bond acceptors (Lipinski definition) is 5. The zero-order chi connectivity index (χ0) is 27.1. The molecular formula is C27H30Cl2FN3O4. The van der Waals surface area contributed by atoms with Gasteiger partial charge in [0.2, 0.25) is 11.8 Å². The zero-order valence-electron chi connectivity index (χ0n) is 20.8. The average molecular weight is 550 g/mol. The van der Waals surface area contributed by atoms with E-state index in [0.29, 0.717) is 34.5 Å². The Morgan fingerprint density at radius 2 is 2.00 bits per heavy atom. The largest absolute Gasteiger partial charge is 0.386 e. The van der Waals surface area contributed by atoms with E-state index in [9.17, 15) is 23.9 Å². The molecule has 1 spiro atoms. The highest BCUT2D eigenvalue weighted by Crippen LogP contribution is 2.57. The molecule has 37 heavy (non-hydrogen) atoms. The molecule has 5 atom stereocenters.